The zero-order valence-corrected chi connectivity index (χ0v) is 8.56. The first-order valence-corrected chi connectivity index (χ1v) is 4.93. The van der Waals surface area contributed by atoms with Crippen molar-refractivity contribution in [1.82, 2.24) is 4.90 Å². The van der Waals surface area contributed by atoms with Crippen LogP contribution in [-0.2, 0) is 0 Å². The van der Waals surface area contributed by atoms with E-state index in [0.29, 0.717) is 5.92 Å². The molecule has 1 rings (SSSR count). The van der Waals surface area contributed by atoms with E-state index >= 15 is 0 Å². The van der Waals surface area contributed by atoms with Gasteiger partial charge in [0.05, 0.1) is 0 Å². The van der Waals surface area contributed by atoms with E-state index in [1.165, 1.54) is 31.5 Å². The van der Waals surface area contributed by atoms with Gasteiger partial charge in [0, 0.05) is 0 Å². The van der Waals surface area contributed by atoms with E-state index in [0.717, 1.165) is 0 Å². The molecule has 0 spiro atoms. The van der Waals surface area contributed by atoms with E-state index < -0.39 is 0 Å². The van der Waals surface area contributed by atoms with Crippen molar-refractivity contribution in [1.29, 1.82) is 0 Å². The van der Waals surface area contributed by atoms with Gasteiger partial charge in [0.15, 0.2) is 0 Å². The van der Waals surface area contributed by atoms with E-state index in [2.05, 4.69) is 31.2 Å². The summed E-state index contributed by atoms with van der Waals surface area (Å²) in [4.78, 5) is 2.37. The third-order valence-electron chi connectivity index (χ3n) is 2.53. The average molecular weight is 183 g/mol. The second-order valence-electron chi connectivity index (χ2n) is 3.47. The molecular weight excluding hydrogens is 166 g/mol. The van der Waals surface area contributed by atoms with Crippen molar-refractivity contribution in [3.63, 3.8) is 0 Å². The van der Waals surface area contributed by atoms with Crippen molar-refractivity contribution in [2.45, 2.75) is 12.8 Å². The van der Waals surface area contributed by atoms with Crippen LogP contribution in [0.1, 0.15) is 12.8 Å². The zero-order chi connectivity index (χ0) is 8.97. The van der Waals surface area contributed by atoms with Crippen molar-refractivity contribution < 1.29 is 0 Å². The first-order valence-electron chi connectivity index (χ1n) is 4.42. The van der Waals surface area contributed by atoms with E-state index in [4.69, 9.17) is 0 Å². The molecule has 1 aliphatic rings. The van der Waals surface area contributed by atoms with Crippen LogP contribution >= 0.6 is 12.6 Å². The second-order valence-corrected chi connectivity index (χ2v) is 3.77. The summed E-state index contributed by atoms with van der Waals surface area (Å²) in [5.74, 6) is 0.685. The Labute approximate surface area is 80.6 Å². The Morgan fingerprint density at radius 2 is 2.08 bits per heavy atom. The summed E-state index contributed by atoms with van der Waals surface area (Å²) in [6.45, 7) is 6.44. The smallest absolute Gasteiger partial charge is 0.00160 e. The summed E-state index contributed by atoms with van der Waals surface area (Å²) in [5, 5.41) is 1.78. The Bertz CT molecular complexity index is 178. The monoisotopic (exact) mass is 183 g/mol. The van der Waals surface area contributed by atoms with Crippen molar-refractivity contribution in [2.24, 2.45) is 5.92 Å². The molecule has 1 saturated heterocycles. The van der Waals surface area contributed by atoms with Gasteiger partial charge in [-0.05, 0) is 44.3 Å². The number of hydrogen-bond donors (Lipinski definition) is 1. The molecule has 0 saturated carbocycles. The predicted octanol–water partition coefficient (Wildman–Crippen LogP) is 2.33. The van der Waals surface area contributed by atoms with Crippen LogP contribution in [-0.4, -0.2) is 25.0 Å². The molecule has 12 heavy (non-hydrogen) atoms. The number of allylic oxidation sites excluding steroid dienone is 2. The number of piperidine rings is 1. The van der Waals surface area contributed by atoms with Gasteiger partial charge >= 0.3 is 0 Å². The molecule has 68 valence electrons. The molecule has 0 aromatic rings. The summed E-state index contributed by atoms with van der Waals surface area (Å²) >= 11 is 4.05. The van der Waals surface area contributed by atoms with Gasteiger partial charge in [0.1, 0.15) is 0 Å². The van der Waals surface area contributed by atoms with Crippen molar-refractivity contribution >= 4 is 12.6 Å². The quantitative estimate of drug-likeness (QED) is 0.508. The van der Waals surface area contributed by atoms with Crippen LogP contribution in [0.3, 0.4) is 0 Å². The molecule has 1 nitrogen and oxygen atoms in total. The Morgan fingerprint density at radius 3 is 2.58 bits per heavy atom. The Hall–Kier alpha value is -0.210. The molecule has 0 aromatic carbocycles. The van der Waals surface area contributed by atoms with Crippen LogP contribution in [0.2, 0.25) is 0 Å². The molecule has 0 radical (unpaired) electrons. The van der Waals surface area contributed by atoms with Crippen LogP contribution in [0.15, 0.2) is 23.6 Å². The molecule has 0 bridgehead atoms. The Kier molecular flexibility index (Phi) is 3.89. The largest absolute Gasteiger partial charge is 0.306 e. The lowest BCUT2D eigenvalue weighted by Gasteiger charge is -2.29. The lowest BCUT2D eigenvalue weighted by molar-refractivity contribution is 0.240. The lowest BCUT2D eigenvalue weighted by Crippen LogP contribution is -2.30. The molecule has 0 N–H and O–H groups in total. The van der Waals surface area contributed by atoms with E-state index in [1.807, 2.05) is 6.08 Å². The summed E-state index contributed by atoms with van der Waals surface area (Å²) in [6, 6.07) is 0. The second kappa shape index (κ2) is 4.73. The van der Waals surface area contributed by atoms with Gasteiger partial charge in [0.25, 0.3) is 0 Å². The fourth-order valence-electron chi connectivity index (χ4n) is 1.61. The maximum absolute atomic E-state index is 4.05. The van der Waals surface area contributed by atoms with E-state index in [1.54, 1.807) is 5.41 Å². The molecule has 0 aromatic heterocycles. The van der Waals surface area contributed by atoms with Crippen molar-refractivity contribution in [3.8, 4) is 0 Å². The minimum atomic E-state index is 0.685. The first kappa shape index (κ1) is 9.87. The Balaban J connectivity index is 2.39. The predicted molar refractivity (Wildman–Crippen MR) is 57.5 cm³/mol. The van der Waals surface area contributed by atoms with Gasteiger partial charge in [-0.25, -0.2) is 0 Å². The van der Waals surface area contributed by atoms with Gasteiger partial charge in [-0.15, -0.1) is 0 Å². The molecular formula is C10H17NS. The highest BCUT2D eigenvalue weighted by Gasteiger charge is 2.17. The van der Waals surface area contributed by atoms with Crippen LogP contribution in [0.4, 0.5) is 0 Å². The Morgan fingerprint density at radius 1 is 1.50 bits per heavy atom. The molecule has 2 heteroatoms. The maximum atomic E-state index is 4.05. The van der Waals surface area contributed by atoms with Crippen LogP contribution in [0, 0.1) is 5.92 Å². The van der Waals surface area contributed by atoms with Crippen LogP contribution in [0.25, 0.3) is 0 Å². The normalized spacial score (nSPS) is 21.8. The number of nitrogens with zero attached hydrogens (tertiary/aromatic N) is 1. The number of hydrogen-bond acceptors (Lipinski definition) is 2. The highest BCUT2D eigenvalue weighted by molar-refractivity contribution is 7.83. The highest BCUT2D eigenvalue weighted by Crippen LogP contribution is 2.23. The maximum Gasteiger partial charge on any atom is -0.00160 e. The molecule has 0 atom stereocenters. The van der Waals surface area contributed by atoms with Crippen molar-refractivity contribution in [2.75, 3.05) is 20.1 Å². The standard InChI is InChI=1S/C10H17NS/c1-9(5-8-12)10-3-6-11(2)7-4-10/h5,8,10,12H,1,3-4,6-7H2,2H3/b8-5-. The molecule has 1 fully saturated rings. The number of rotatable bonds is 2. The van der Waals surface area contributed by atoms with Crippen LogP contribution in [0.5, 0.6) is 0 Å². The molecule has 0 aliphatic carbocycles. The minimum absolute atomic E-state index is 0.685. The zero-order valence-electron chi connectivity index (χ0n) is 7.66. The van der Waals surface area contributed by atoms with Gasteiger partial charge in [-0.2, -0.15) is 12.6 Å². The lowest BCUT2D eigenvalue weighted by atomic mass is 9.90. The van der Waals surface area contributed by atoms with Gasteiger partial charge in [0.2, 0.25) is 0 Å². The minimum Gasteiger partial charge on any atom is -0.306 e. The van der Waals surface area contributed by atoms with E-state index in [-0.39, 0.29) is 0 Å². The number of thiol groups is 1. The topological polar surface area (TPSA) is 3.24 Å². The summed E-state index contributed by atoms with van der Waals surface area (Å²) in [5.41, 5.74) is 1.23. The summed E-state index contributed by atoms with van der Waals surface area (Å²) < 4.78 is 0. The molecule has 1 heterocycles. The van der Waals surface area contributed by atoms with Gasteiger partial charge < -0.3 is 4.90 Å². The third kappa shape index (κ3) is 2.68. The SMILES string of the molecule is C=C(/C=C\S)C1CCN(C)CC1. The van der Waals surface area contributed by atoms with Crippen LogP contribution < -0.4 is 0 Å². The summed E-state index contributed by atoms with van der Waals surface area (Å²) in [6.07, 6.45) is 4.50. The fraction of sp³-hybridized carbons (Fsp3) is 0.600. The van der Waals surface area contributed by atoms with E-state index in [9.17, 15) is 0 Å². The van der Waals surface area contributed by atoms with Gasteiger partial charge in [-0.1, -0.05) is 18.2 Å². The third-order valence-corrected chi connectivity index (χ3v) is 2.68. The first-order chi connectivity index (χ1) is 5.74. The molecule has 0 amide bonds. The molecule has 1 aliphatic heterocycles. The number of likely N-dealkylation sites (tertiary alicyclic amines) is 1. The van der Waals surface area contributed by atoms with Crippen molar-refractivity contribution in [3.05, 3.63) is 23.6 Å². The van der Waals surface area contributed by atoms with Gasteiger partial charge in [-0.3, -0.25) is 0 Å². The summed E-state index contributed by atoms with van der Waals surface area (Å²) in [7, 11) is 2.17. The molecule has 0 unspecified atom stereocenters. The highest BCUT2D eigenvalue weighted by atomic mass is 32.1. The fourth-order valence-corrected chi connectivity index (χ4v) is 1.80. The average Bonchev–Trinajstić information content (AvgIpc) is 2.06.